The first-order valence-corrected chi connectivity index (χ1v) is 5.04. The van der Waals surface area contributed by atoms with Gasteiger partial charge in [0.2, 0.25) is 0 Å². The van der Waals surface area contributed by atoms with Crippen LogP contribution in [0.3, 0.4) is 0 Å². The van der Waals surface area contributed by atoms with Crippen LogP contribution in [-0.4, -0.2) is 10.2 Å². The summed E-state index contributed by atoms with van der Waals surface area (Å²) in [7, 11) is 0. The zero-order valence-corrected chi connectivity index (χ0v) is 10.1. The molecule has 0 spiro atoms. The van der Waals surface area contributed by atoms with Gasteiger partial charge in [-0.05, 0) is 0 Å². The van der Waals surface area contributed by atoms with Crippen molar-refractivity contribution in [1.29, 1.82) is 0 Å². The molecule has 1 heterocycles. The number of aromatic amines is 1. The second-order valence-electron chi connectivity index (χ2n) is 1.58. The van der Waals surface area contributed by atoms with Gasteiger partial charge in [0.15, 0.2) is 2.14 Å². The summed E-state index contributed by atoms with van der Waals surface area (Å²) in [5.74, 6) is 0. The highest BCUT2D eigenvalue weighted by molar-refractivity contribution is 9.38. The Morgan fingerprint density at radius 2 is 2.10 bits per heavy atom. The highest BCUT2D eigenvalue weighted by Gasteiger charge is 2.26. The van der Waals surface area contributed by atoms with Crippen LogP contribution in [0.5, 0.6) is 0 Å². The highest BCUT2D eigenvalue weighted by Crippen LogP contribution is 2.45. The third kappa shape index (κ3) is 1.96. The van der Waals surface area contributed by atoms with Crippen LogP contribution in [0.25, 0.3) is 0 Å². The van der Waals surface area contributed by atoms with Gasteiger partial charge in [-0.25, -0.2) is 0 Å². The molecule has 0 saturated heterocycles. The van der Waals surface area contributed by atoms with Crippen LogP contribution < -0.4 is 0 Å². The van der Waals surface area contributed by atoms with Crippen molar-refractivity contribution in [2.45, 2.75) is 2.14 Å². The van der Waals surface area contributed by atoms with E-state index in [9.17, 15) is 0 Å². The van der Waals surface area contributed by atoms with Gasteiger partial charge >= 0.3 is 0 Å². The van der Waals surface area contributed by atoms with Crippen LogP contribution in [0.1, 0.15) is 5.69 Å². The van der Waals surface area contributed by atoms with Crippen molar-refractivity contribution in [3.8, 4) is 0 Å². The minimum absolute atomic E-state index is 0.524. The van der Waals surface area contributed by atoms with E-state index in [1.807, 2.05) is 0 Å². The fourth-order valence-corrected chi connectivity index (χ4v) is 1.96. The molecule has 1 rings (SSSR count). The molecule has 1 aromatic rings. The van der Waals surface area contributed by atoms with Crippen molar-refractivity contribution in [1.82, 2.24) is 10.2 Å². The molecular formula is C4H2Br3ClN2. The Labute approximate surface area is 88.1 Å². The minimum atomic E-state index is -0.524. The lowest BCUT2D eigenvalue weighted by Gasteiger charge is -2.07. The molecule has 1 aromatic heterocycles. The molecule has 0 radical (unpaired) electrons. The summed E-state index contributed by atoms with van der Waals surface area (Å²) in [6.07, 6.45) is 1.61. The zero-order chi connectivity index (χ0) is 7.78. The number of hydrogen-bond donors (Lipinski definition) is 1. The molecule has 2 nitrogen and oxygen atoms in total. The molecule has 1 N–H and O–H groups in total. The maximum absolute atomic E-state index is 5.74. The van der Waals surface area contributed by atoms with Crippen molar-refractivity contribution in [3.05, 3.63) is 16.9 Å². The SMILES string of the molecule is Clc1c[nH]nc1C(Br)(Br)Br. The fraction of sp³-hybridized carbons (Fsp3) is 0.250. The first kappa shape index (κ1) is 9.03. The quantitative estimate of drug-likeness (QED) is 0.712. The molecule has 0 fully saturated rings. The van der Waals surface area contributed by atoms with Crippen LogP contribution in [-0.2, 0) is 2.14 Å². The van der Waals surface area contributed by atoms with Gasteiger partial charge in [-0.1, -0.05) is 59.4 Å². The van der Waals surface area contributed by atoms with Gasteiger partial charge in [0.1, 0.15) is 5.69 Å². The van der Waals surface area contributed by atoms with Gasteiger partial charge in [0, 0.05) is 6.20 Å². The molecule has 0 saturated carbocycles. The van der Waals surface area contributed by atoms with Crippen molar-refractivity contribution < 1.29 is 0 Å². The average Bonchev–Trinajstić information content (AvgIpc) is 2.11. The lowest BCUT2D eigenvalue weighted by atomic mass is 10.5. The van der Waals surface area contributed by atoms with Crippen LogP contribution in [0.4, 0.5) is 0 Å². The van der Waals surface area contributed by atoms with Crippen molar-refractivity contribution in [3.63, 3.8) is 0 Å². The number of halogens is 4. The summed E-state index contributed by atoms with van der Waals surface area (Å²) >= 11 is 15.6. The Morgan fingerprint density at radius 3 is 2.30 bits per heavy atom. The normalized spacial score (nSPS) is 12.0. The molecule has 56 valence electrons. The monoisotopic (exact) mass is 350 g/mol. The van der Waals surface area contributed by atoms with E-state index in [1.54, 1.807) is 6.20 Å². The number of nitrogens with one attached hydrogen (secondary N) is 1. The second kappa shape index (κ2) is 3.13. The van der Waals surface area contributed by atoms with Crippen LogP contribution >= 0.6 is 59.4 Å². The van der Waals surface area contributed by atoms with E-state index in [4.69, 9.17) is 11.6 Å². The lowest BCUT2D eigenvalue weighted by Crippen LogP contribution is -1.98. The zero-order valence-electron chi connectivity index (χ0n) is 4.54. The standard InChI is InChI=1S/C4H2Br3ClN2/c5-4(6,7)3-2(8)1-9-10-3/h1H,(H,9,10). The average molecular weight is 353 g/mol. The number of rotatable bonds is 0. The van der Waals surface area contributed by atoms with E-state index in [0.717, 1.165) is 0 Å². The molecule has 0 bridgehead atoms. The van der Waals surface area contributed by atoms with Gasteiger partial charge in [-0.15, -0.1) is 0 Å². The van der Waals surface area contributed by atoms with Crippen LogP contribution in [0.15, 0.2) is 6.20 Å². The molecular weight excluding hydrogens is 351 g/mol. The Bertz CT molecular complexity index is 229. The summed E-state index contributed by atoms with van der Waals surface area (Å²) < 4.78 is -0.524. The predicted octanol–water partition coefficient (Wildman–Crippen LogP) is 3.36. The van der Waals surface area contributed by atoms with Gasteiger partial charge < -0.3 is 0 Å². The molecule has 0 aliphatic rings. The molecule has 0 aliphatic heterocycles. The Morgan fingerprint density at radius 1 is 1.50 bits per heavy atom. The van der Waals surface area contributed by atoms with Crippen LogP contribution in [0, 0.1) is 0 Å². The molecule has 6 heteroatoms. The third-order valence-electron chi connectivity index (χ3n) is 0.862. The van der Waals surface area contributed by atoms with Gasteiger partial charge in [0.05, 0.1) is 5.02 Å². The molecule has 0 unspecified atom stereocenters. The molecule has 0 atom stereocenters. The summed E-state index contributed by atoms with van der Waals surface area (Å²) in [4.78, 5) is 0. The highest BCUT2D eigenvalue weighted by atomic mass is 80.0. The Kier molecular flexibility index (Phi) is 2.82. The number of nitrogens with zero attached hydrogens (tertiary/aromatic N) is 1. The predicted molar refractivity (Wildman–Crippen MR) is 52.1 cm³/mol. The largest absolute Gasteiger partial charge is 0.284 e. The first-order valence-electron chi connectivity index (χ1n) is 2.28. The van der Waals surface area contributed by atoms with Crippen molar-refractivity contribution >= 4 is 59.4 Å². The smallest absolute Gasteiger partial charge is 0.179 e. The second-order valence-corrected chi connectivity index (χ2v) is 8.75. The van der Waals surface area contributed by atoms with E-state index in [1.165, 1.54) is 0 Å². The van der Waals surface area contributed by atoms with Gasteiger partial charge in [0.25, 0.3) is 0 Å². The number of aromatic nitrogens is 2. The summed E-state index contributed by atoms with van der Waals surface area (Å²) in [6, 6.07) is 0. The maximum atomic E-state index is 5.74. The van der Waals surface area contributed by atoms with E-state index < -0.39 is 2.14 Å². The van der Waals surface area contributed by atoms with Gasteiger partial charge in [-0.2, -0.15) is 5.10 Å². The maximum Gasteiger partial charge on any atom is 0.179 e. The van der Waals surface area contributed by atoms with E-state index in [2.05, 4.69) is 58.0 Å². The number of H-pyrrole nitrogens is 1. The van der Waals surface area contributed by atoms with Gasteiger partial charge in [-0.3, -0.25) is 5.10 Å². The first-order chi connectivity index (χ1) is 4.52. The Balaban J connectivity index is 3.05. The third-order valence-corrected chi connectivity index (χ3v) is 2.28. The summed E-state index contributed by atoms with van der Waals surface area (Å²) in [5, 5.41) is 7.10. The summed E-state index contributed by atoms with van der Waals surface area (Å²) in [6.45, 7) is 0. The van der Waals surface area contributed by atoms with E-state index in [0.29, 0.717) is 10.7 Å². The lowest BCUT2D eigenvalue weighted by molar-refractivity contribution is 1.03. The fourth-order valence-electron chi connectivity index (χ4n) is 0.474. The van der Waals surface area contributed by atoms with Crippen LogP contribution in [0.2, 0.25) is 5.02 Å². The minimum Gasteiger partial charge on any atom is -0.284 e. The summed E-state index contributed by atoms with van der Waals surface area (Å²) in [5.41, 5.74) is 0.675. The molecule has 0 aromatic carbocycles. The number of hydrogen-bond acceptors (Lipinski definition) is 1. The topological polar surface area (TPSA) is 28.7 Å². The number of alkyl halides is 3. The molecule has 0 aliphatic carbocycles. The molecule has 0 amide bonds. The molecule has 10 heavy (non-hydrogen) atoms. The van der Waals surface area contributed by atoms with E-state index in [-0.39, 0.29) is 0 Å². The van der Waals surface area contributed by atoms with E-state index >= 15 is 0 Å². The van der Waals surface area contributed by atoms with Crippen molar-refractivity contribution in [2.75, 3.05) is 0 Å². The van der Waals surface area contributed by atoms with Crippen molar-refractivity contribution in [2.24, 2.45) is 0 Å². The Hall–Kier alpha value is 0.940.